The van der Waals surface area contributed by atoms with Crippen LogP contribution in [0.3, 0.4) is 0 Å². The molecule has 2 aromatic rings. The number of carbonyl (C=O) groups is 1. The van der Waals surface area contributed by atoms with E-state index in [0.29, 0.717) is 31.3 Å². The largest absolute Gasteiger partial charge is 0.454 e. The smallest absolute Gasteiger partial charge is 0.231 e. The zero-order valence-electron chi connectivity index (χ0n) is 21.0. The molecule has 192 valence electrons. The second kappa shape index (κ2) is 10.6. The van der Waals surface area contributed by atoms with E-state index < -0.39 is 0 Å². The SMILES string of the molecule is O=C(Cc1ccc2c(c1)OCO2)CC1CCC(CCN2CCN(c3cccc4c3OCO4)CC2)CC1. The molecule has 4 aliphatic rings. The first-order valence-corrected chi connectivity index (χ1v) is 13.5. The van der Waals surface area contributed by atoms with Gasteiger partial charge in [0.1, 0.15) is 5.78 Å². The third-order valence-electron chi connectivity index (χ3n) is 8.26. The molecular formula is C29H36N2O5. The van der Waals surface area contributed by atoms with Crippen LogP contribution in [-0.4, -0.2) is 57.0 Å². The van der Waals surface area contributed by atoms with E-state index in [0.717, 1.165) is 66.3 Å². The number of rotatable bonds is 8. The molecule has 0 unspecified atom stereocenters. The molecule has 0 bridgehead atoms. The Morgan fingerprint density at radius 3 is 2.42 bits per heavy atom. The van der Waals surface area contributed by atoms with Gasteiger partial charge in [-0.1, -0.05) is 25.0 Å². The first-order chi connectivity index (χ1) is 17.7. The lowest BCUT2D eigenvalue weighted by Gasteiger charge is -2.37. The molecular weight excluding hydrogens is 456 g/mol. The van der Waals surface area contributed by atoms with Gasteiger partial charge >= 0.3 is 0 Å². The van der Waals surface area contributed by atoms with Crippen molar-refractivity contribution in [1.29, 1.82) is 0 Å². The summed E-state index contributed by atoms with van der Waals surface area (Å²) in [6, 6.07) is 12.0. The van der Waals surface area contributed by atoms with Crippen molar-refractivity contribution in [1.82, 2.24) is 4.90 Å². The number of hydrogen-bond donors (Lipinski definition) is 0. The number of para-hydroxylation sites is 1. The number of benzene rings is 2. The topological polar surface area (TPSA) is 60.5 Å². The van der Waals surface area contributed by atoms with E-state index in [1.165, 1.54) is 38.6 Å². The lowest BCUT2D eigenvalue weighted by molar-refractivity contribution is -0.119. The van der Waals surface area contributed by atoms with E-state index >= 15 is 0 Å². The predicted octanol–water partition coefficient (Wildman–Crippen LogP) is 4.66. The van der Waals surface area contributed by atoms with Gasteiger partial charge < -0.3 is 23.8 Å². The number of nitrogens with zero attached hydrogens (tertiary/aromatic N) is 2. The third kappa shape index (κ3) is 5.26. The van der Waals surface area contributed by atoms with Gasteiger partial charge in [-0.2, -0.15) is 0 Å². The maximum Gasteiger partial charge on any atom is 0.231 e. The molecule has 3 aliphatic heterocycles. The molecule has 7 heteroatoms. The van der Waals surface area contributed by atoms with Gasteiger partial charge in [-0.3, -0.25) is 9.69 Å². The number of hydrogen-bond acceptors (Lipinski definition) is 7. The first-order valence-electron chi connectivity index (χ1n) is 13.5. The Morgan fingerprint density at radius 2 is 1.56 bits per heavy atom. The Balaban J connectivity index is 0.894. The summed E-state index contributed by atoms with van der Waals surface area (Å²) in [5, 5.41) is 0. The van der Waals surface area contributed by atoms with Crippen molar-refractivity contribution in [2.75, 3.05) is 51.2 Å². The number of carbonyl (C=O) groups excluding carboxylic acids is 1. The number of anilines is 1. The minimum Gasteiger partial charge on any atom is -0.454 e. The molecule has 0 radical (unpaired) electrons. The van der Waals surface area contributed by atoms with Gasteiger partial charge in [0.25, 0.3) is 0 Å². The monoisotopic (exact) mass is 492 g/mol. The fraction of sp³-hybridized carbons (Fsp3) is 0.552. The molecule has 0 amide bonds. The molecule has 1 saturated heterocycles. The number of Topliss-reactive ketones (excluding diaryl/α,β-unsaturated/α-hetero) is 1. The number of fused-ring (bicyclic) bond motifs is 2. The molecule has 2 aromatic carbocycles. The van der Waals surface area contributed by atoms with Crippen LogP contribution in [0, 0.1) is 11.8 Å². The molecule has 1 aliphatic carbocycles. The van der Waals surface area contributed by atoms with Crippen LogP contribution in [0.4, 0.5) is 5.69 Å². The molecule has 1 saturated carbocycles. The van der Waals surface area contributed by atoms with Gasteiger partial charge in [-0.05, 0) is 67.5 Å². The normalized spacial score (nSPS) is 23.2. The van der Waals surface area contributed by atoms with Crippen molar-refractivity contribution in [3.63, 3.8) is 0 Å². The van der Waals surface area contributed by atoms with Gasteiger partial charge in [0.15, 0.2) is 23.0 Å². The number of ketones is 1. The van der Waals surface area contributed by atoms with Crippen LogP contribution >= 0.6 is 0 Å². The summed E-state index contributed by atoms with van der Waals surface area (Å²) in [5.74, 6) is 4.98. The molecule has 7 nitrogen and oxygen atoms in total. The quantitative estimate of drug-likeness (QED) is 0.531. The highest BCUT2D eigenvalue weighted by atomic mass is 16.7. The molecule has 6 rings (SSSR count). The maximum atomic E-state index is 12.7. The zero-order valence-corrected chi connectivity index (χ0v) is 21.0. The summed E-state index contributed by atoms with van der Waals surface area (Å²) in [5.41, 5.74) is 2.19. The zero-order chi connectivity index (χ0) is 24.3. The Kier molecular flexibility index (Phi) is 6.90. The second-order valence-corrected chi connectivity index (χ2v) is 10.6. The van der Waals surface area contributed by atoms with E-state index in [4.69, 9.17) is 18.9 Å². The summed E-state index contributed by atoms with van der Waals surface area (Å²) < 4.78 is 22.1. The fourth-order valence-corrected chi connectivity index (χ4v) is 6.14. The second-order valence-electron chi connectivity index (χ2n) is 10.6. The van der Waals surface area contributed by atoms with Crippen LogP contribution in [0.1, 0.15) is 44.1 Å². The van der Waals surface area contributed by atoms with Gasteiger partial charge in [0.2, 0.25) is 13.6 Å². The van der Waals surface area contributed by atoms with Gasteiger partial charge in [0.05, 0.1) is 5.69 Å². The van der Waals surface area contributed by atoms with Crippen LogP contribution in [0.15, 0.2) is 36.4 Å². The molecule has 0 aromatic heterocycles. The van der Waals surface area contributed by atoms with Gasteiger partial charge in [0, 0.05) is 39.0 Å². The Morgan fingerprint density at radius 1 is 0.806 bits per heavy atom. The Bertz CT molecular complexity index is 1070. The molecule has 0 atom stereocenters. The Hall–Kier alpha value is -2.93. The van der Waals surface area contributed by atoms with Gasteiger partial charge in [-0.15, -0.1) is 0 Å². The van der Waals surface area contributed by atoms with E-state index in [-0.39, 0.29) is 6.79 Å². The van der Waals surface area contributed by atoms with Crippen LogP contribution in [0.25, 0.3) is 0 Å². The maximum absolute atomic E-state index is 12.7. The van der Waals surface area contributed by atoms with Crippen molar-refractivity contribution >= 4 is 11.5 Å². The van der Waals surface area contributed by atoms with E-state index in [1.54, 1.807) is 0 Å². The molecule has 36 heavy (non-hydrogen) atoms. The summed E-state index contributed by atoms with van der Waals surface area (Å²) >= 11 is 0. The fourth-order valence-electron chi connectivity index (χ4n) is 6.14. The summed E-state index contributed by atoms with van der Waals surface area (Å²) in [7, 11) is 0. The lowest BCUT2D eigenvalue weighted by Crippen LogP contribution is -2.47. The Labute approximate surface area is 213 Å². The first kappa shape index (κ1) is 23.5. The van der Waals surface area contributed by atoms with Crippen LogP contribution in [-0.2, 0) is 11.2 Å². The van der Waals surface area contributed by atoms with E-state index in [1.807, 2.05) is 24.3 Å². The summed E-state index contributed by atoms with van der Waals surface area (Å²) in [6.07, 6.45) is 7.37. The van der Waals surface area contributed by atoms with Crippen molar-refractivity contribution in [3.8, 4) is 23.0 Å². The lowest BCUT2D eigenvalue weighted by atomic mass is 9.78. The van der Waals surface area contributed by atoms with Crippen LogP contribution < -0.4 is 23.8 Å². The van der Waals surface area contributed by atoms with Crippen LogP contribution in [0.5, 0.6) is 23.0 Å². The predicted molar refractivity (Wildman–Crippen MR) is 137 cm³/mol. The minimum absolute atomic E-state index is 0.271. The summed E-state index contributed by atoms with van der Waals surface area (Å²) in [4.78, 5) is 17.7. The number of piperazine rings is 1. The number of ether oxygens (including phenoxy) is 4. The van der Waals surface area contributed by atoms with Crippen LogP contribution in [0.2, 0.25) is 0 Å². The van der Waals surface area contributed by atoms with E-state index in [9.17, 15) is 4.79 Å². The minimum atomic E-state index is 0.271. The molecule has 2 fully saturated rings. The van der Waals surface area contributed by atoms with Crippen molar-refractivity contribution in [2.24, 2.45) is 11.8 Å². The standard InChI is InChI=1S/C29H36N2O5/c32-24(17-23-8-9-26-28(18-23)35-19-33-26)16-22-6-4-21(5-7-22)10-11-30-12-14-31(15-13-30)25-2-1-3-27-29(25)36-20-34-27/h1-3,8-9,18,21-22H,4-7,10-17,19-20H2. The highest BCUT2D eigenvalue weighted by Crippen LogP contribution is 2.41. The highest BCUT2D eigenvalue weighted by molar-refractivity contribution is 5.81. The van der Waals surface area contributed by atoms with Crippen molar-refractivity contribution in [3.05, 3.63) is 42.0 Å². The van der Waals surface area contributed by atoms with Gasteiger partial charge in [-0.25, -0.2) is 0 Å². The van der Waals surface area contributed by atoms with E-state index in [2.05, 4.69) is 21.9 Å². The molecule has 0 spiro atoms. The summed E-state index contributed by atoms with van der Waals surface area (Å²) in [6.45, 7) is 6.01. The van der Waals surface area contributed by atoms with Crippen molar-refractivity contribution < 1.29 is 23.7 Å². The average molecular weight is 493 g/mol. The van der Waals surface area contributed by atoms with Crippen molar-refractivity contribution in [2.45, 2.75) is 44.9 Å². The molecule has 0 N–H and O–H groups in total. The average Bonchev–Trinajstić information content (AvgIpc) is 3.58. The molecule has 3 heterocycles. The highest BCUT2D eigenvalue weighted by Gasteiger charge is 2.27. The third-order valence-corrected chi connectivity index (χ3v) is 8.26.